The fourth-order valence-electron chi connectivity index (χ4n) is 2.91. The average Bonchev–Trinajstić information content (AvgIpc) is 2.91. The van der Waals surface area contributed by atoms with Gasteiger partial charge in [-0.3, -0.25) is 4.79 Å². The van der Waals surface area contributed by atoms with Crippen molar-refractivity contribution in [1.29, 1.82) is 0 Å². The smallest absolute Gasteiger partial charge is 0.253 e. The molecule has 2 rings (SSSR count). The highest BCUT2D eigenvalue weighted by atomic mass is 16.1. The molecule has 1 amide bonds. The van der Waals surface area contributed by atoms with Crippen LogP contribution >= 0.6 is 0 Å². The van der Waals surface area contributed by atoms with Crippen molar-refractivity contribution in [3.05, 3.63) is 23.8 Å². The molecule has 1 aliphatic rings. The number of nitrogens with zero attached hydrogens (tertiary/aromatic N) is 1. The Labute approximate surface area is 121 Å². The molecule has 0 bridgehead atoms. The van der Waals surface area contributed by atoms with Crippen molar-refractivity contribution >= 4 is 17.3 Å². The molecule has 0 heterocycles. The fourth-order valence-corrected chi connectivity index (χ4v) is 2.91. The Morgan fingerprint density at radius 1 is 1.35 bits per heavy atom. The van der Waals surface area contributed by atoms with E-state index in [9.17, 15) is 4.79 Å². The van der Waals surface area contributed by atoms with Crippen molar-refractivity contribution in [3.63, 3.8) is 0 Å². The van der Waals surface area contributed by atoms with Gasteiger partial charge in [0.05, 0.1) is 5.56 Å². The minimum atomic E-state index is -0.0287. The van der Waals surface area contributed by atoms with Crippen molar-refractivity contribution < 1.29 is 4.79 Å². The molecule has 1 aromatic carbocycles. The van der Waals surface area contributed by atoms with Gasteiger partial charge in [0.1, 0.15) is 0 Å². The maximum absolute atomic E-state index is 12.3. The topological polar surface area (TPSA) is 58.4 Å². The van der Waals surface area contributed by atoms with E-state index in [4.69, 9.17) is 5.73 Å². The third kappa shape index (κ3) is 3.65. The molecular weight excluding hydrogens is 250 g/mol. The van der Waals surface area contributed by atoms with E-state index in [0.29, 0.717) is 11.3 Å². The SMILES string of the molecule is CN(C)c1ccc(N)cc1C(=O)NCCC1CCCC1. The van der Waals surface area contributed by atoms with Gasteiger partial charge in [0.2, 0.25) is 0 Å². The van der Waals surface area contributed by atoms with E-state index >= 15 is 0 Å². The second-order valence-electron chi connectivity index (χ2n) is 5.87. The summed E-state index contributed by atoms with van der Waals surface area (Å²) in [6, 6.07) is 5.46. The average molecular weight is 275 g/mol. The van der Waals surface area contributed by atoms with E-state index in [-0.39, 0.29) is 5.91 Å². The first-order chi connectivity index (χ1) is 9.58. The number of benzene rings is 1. The van der Waals surface area contributed by atoms with E-state index < -0.39 is 0 Å². The summed E-state index contributed by atoms with van der Waals surface area (Å²) in [5, 5.41) is 3.03. The molecule has 1 fully saturated rings. The maximum Gasteiger partial charge on any atom is 0.253 e. The molecular formula is C16H25N3O. The Kier molecular flexibility index (Phi) is 4.88. The summed E-state index contributed by atoms with van der Waals surface area (Å²) in [6.45, 7) is 0.755. The highest BCUT2D eigenvalue weighted by Crippen LogP contribution is 2.27. The zero-order chi connectivity index (χ0) is 14.5. The third-order valence-electron chi connectivity index (χ3n) is 4.06. The Morgan fingerprint density at radius 3 is 2.70 bits per heavy atom. The van der Waals surface area contributed by atoms with E-state index in [0.717, 1.165) is 24.6 Å². The molecule has 1 aliphatic carbocycles. The lowest BCUT2D eigenvalue weighted by atomic mass is 10.0. The number of nitrogens with one attached hydrogen (secondary N) is 1. The van der Waals surface area contributed by atoms with Crippen LogP contribution in [0, 0.1) is 5.92 Å². The number of nitrogen functional groups attached to an aromatic ring is 1. The number of amides is 1. The van der Waals surface area contributed by atoms with Crippen LogP contribution in [0.1, 0.15) is 42.5 Å². The third-order valence-corrected chi connectivity index (χ3v) is 4.06. The van der Waals surface area contributed by atoms with Crippen LogP contribution in [-0.4, -0.2) is 26.5 Å². The molecule has 0 unspecified atom stereocenters. The molecule has 0 aromatic heterocycles. The highest BCUT2D eigenvalue weighted by Gasteiger charge is 2.16. The Balaban J connectivity index is 1.95. The van der Waals surface area contributed by atoms with Gasteiger partial charge >= 0.3 is 0 Å². The first kappa shape index (κ1) is 14.7. The zero-order valence-electron chi connectivity index (χ0n) is 12.5. The number of hydrogen-bond acceptors (Lipinski definition) is 3. The van der Waals surface area contributed by atoms with Crippen LogP contribution in [0.25, 0.3) is 0 Å². The maximum atomic E-state index is 12.3. The molecule has 20 heavy (non-hydrogen) atoms. The fraction of sp³-hybridized carbons (Fsp3) is 0.562. The molecule has 0 radical (unpaired) electrons. The normalized spacial score (nSPS) is 15.3. The molecule has 1 aromatic rings. The van der Waals surface area contributed by atoms with Crippen LogP contribution in [0.5, 0.6) is 0 Å². The van der Waals surface area contributed by atoms with Gasteiger partial charge in [-0.25, -0.2) is 0 Å². The first-order valence-electron chi connectivity index (χ1n) is 7.43. The standard InChI is InChI=1S/C16H25N3O/c1-19(2)15-8-7-13(17)11-14(15)16(20)18-10-9-12-5-3-4-6-12/h7-8,11-12H,3-6,9-10,17H2,1-2H3,(H,18,20). The van der Waals surface area contributed by atoms with Crippen LogP contribution in [-0.2, 0) is 0 Å². The van der Waals surface area contributed by atoms with Gasteiger partial charge in [-0.15, -0.1) is 0 Å². The molecule has 110 valence electrons. The molecule has 1 saturated carbocycles. The molecule has 4 nitrogen and oxygen atoms in total. The Morgan fingerprint density at radius 2 is 2.05 bits per heavy atom. The second-order valence-corrected chi connectivity index (χ2v) is 5.87. The first-order valence-corrected chi connectivity index (χ1v) is 7.43. The number of anilines is 2. The monoisotopic (exact) mass is 275 g/mol. The minimum Gasteiger partial charge on any atom is -0.399 e. The second kappa shape index (κ2) is 6.64. The van der Waals surface area contributed by atoms with Gasteiger partial charge < -0.3 is 16.0 Å². The van der Waals surface area contributed by atoms with Crippen molar-refractivity contribution in [2.45, 2.75) is 32.1 Å². The Hall–Kier alpha value is -1.71. The lowest BCUT2D eigenvalue weighted by Gasteiger charge is -2.18. The van der Waals surface area contributed by atoms with Crippen molar-refractivity contribution in [3.8, 4) is 0 Å². The summed E-state index contributed by atoms with van der Waals surface area (Å²) in [5.74, 6) is 0.767. The van der Waals surface area contributed by atoms with Crippen LogP contribution in [0.3, 0.4) is 0 Å². The number of carbonyl (C=O) groups excluding carboxylic acids is 1. The van der Waals surface area contributed by atoms with Crippen LogP contribution in [0.15, 0.2) is 18.2 Å². The van der Waals surface area contributed by atoms with Gasteiger partial charge in [0.15, 0.2) is 0 Å². The highest BCUT2D eigenvalue weighted by molar-refractivity contribution is 6.00. The summed E-state index contributed by atoms with van der Waals surface area (Å²) < 4.78 is 0. The van der Waals surface area contributed by atoms with Gasteiger partial charge in [0, 0.05) is 32.0 Å². The van der Waals surface area contributed by atoms with E-state index in [1.54, 1.807) is 6.07 Å². The van der Waals surface area contributed by atoms with Crippen molar-refractivity contribution in [2.24, 2.45) is 5.92 Å². The molecule has 0 atom stereocenters. The molecule has 0 aliphatic heterocycles. The largest absolute Gasteiger partial charge is 0.399 e. The van der Waals surface area contributed by atoms with Gasteiger partial charge in [-0.2, -0.15) is 0 Å². The lowest BCUT2D eigenvalue weighted by molar-refractivity contribution is 0.0952. The van der Waals surface area contributed by atoms with E-state index in [1.807, 2.05) is 31.1 Å². The summed E-state index contributed by atoms with van der Waals surface area (Å²) in [7, 11) is 3.86. The predicted octanol–water partition coefficient (Wildman–Crippen LogP) is 2.64. The lowest BCUT2D eigenvalue weighted by Crippen LogP contribution is -2.27. The molecule has 0 saturated heterocycles. The summed E-state index contributed by atoms with van der Waals surface area (Å²) in [6.07, 6.45) is 6.41. The summed E-state index contributed by atoms with van der Waals surface area (Å²) in [5.41, 5.74) is 7.97. The predicted molar refractivity (Wildman–Crippen MR) is 84.1 cm³/mol. The van der Waals surface area contributed by atoms with E-state index in [1.165, 1.54) is 25.7 Å². The number of rotatable bonds is 5. The number of nitrogens with two attached hydrogens (primary N) is 1. The summed E-state index contributed by atoms with van der Waals surface area (Å²) >= 11 is 0. The van der Waals surface area contributed by atoms with Gasteiger partial charge in [-0.1, -0.05) is 25.7 Å². The quantitative estimate of drug-likeness (QED) is 0.812. The van der Waals surface area contributed by atoms with Gasteiger partial charge in [0.25, 0.3) is 5.91 Å². The van der Waals surface area contributed by atoms with Crippen LogP contribution < -0.4 is 16.0 Å². The minimum absolute atomic E-state index is 0.0287. The molecule has 0 spiro atoms. The van der Waals surface area contributed by atoms with Crippen LogP contribution in [0.4, 0.5) is 11.4 Å². The van der Waals surface area contributed by atoms with Crippen molar-refractivity contribution in [1.82, 2.24) is 5.32 Å². The van der Waals surface area contributed by atoms with Gasteiger partial charge in [-0.05, 0) is 30.5 Å². The zero-order valence-corrected chi connectivity index (χ0v) is 12.5. The van der Waals surface area contributed by atoms with Crippen molar-refractivity contribution in [2.75, 3.05) is 31.3 Å². The Bertz CT molecular complexity index is 465. The van der Waals surface area contributed by atoms with Crippen LogP contribution in [0.2, 0.25) is 0 Å². The summed E-state index contributed by atoms with van der Waals surface area (Å²) in [4.78, 5) is 14.2. The molecule has 3 N–H and O–H groups in total. The van der Waals surface area contributed by atoms with E-state index in [2.05, 4.69) is 5.32 Å². The molecule has 4 heteroatoms. The number of hydrogen-bond donors (Lipinski definition) is 2. The number of carbonyl (C=O) groups is 1.